The number of likely N-dealkylation sites (tertiary alicyclic amines) is 1. The number of carbonyl (C=O) groups excluding carboxylic acids is 9. The first-order chi connectivity index (χ1) is 50.2. The van der Waals surface area contributed by atoms with Gasteiger partial charge in [0.25, 0.3) is 0 Å². The Bertz CT molecular complexity index is 3440. The number of nitrogens with one attached hydrogen (secondary N) is 10. The standard InChI is InChI=1S/C58H85N15O14.3C2HF3O2/c1-6-34(5)48(54(83)68-42(29-37-31-61-32-65-37)55(84)73-26-14-18-44(73)52(81)69-43(56(85)86)28-35-15-9-8-10-16-35)71-51(80)41(27-36-19-21-38(74)22-20-36)67-53(82)47(33(3)4)70-50(79)40(66-49(78)39(59)30-46(76)77)17-13-25-63-57(60)72-58(87)64-24-12-11-23-62-45(75)7-2;3*3-2(4,5)1(6)7/h8-10,15-16,19-22,31-34,39-44,47-48,74H,6-7,11-14,17-18,23-30,59H2,1-5H3,(H,61,65)(H,62,75)(H,66,78)(H,67,82)(H,68,83)(H,69,81)(H,70,79)(H,71,80)(H,76,77)(H,85,86)(H4,60,63,64,72,87);3*(H,6,7)/t34-,39-,40-,41-,42-,43-,44-,47-,48-;;;/m0.../s1. The Labute approximate surface area is 610 Å². The number of halogens is 9. The number of hydrogen-bond donors (Lipinski definition) is 18. The number of aromatic nitrogens is 2. The quantitative estimate of drug-likeness (QED) is 0.0170. The van der Waals surface area contributed by atoms with Gasteiger partial charge >= 0.3 is 54.4 Å². The van der Waals surface area contributed by atoms with Crippen molar-refractivity contribution >= 4 is 89.1 Å². The van der Waals surface area contributed by atoms with E-state index in [-0.39, 0.29) is 75.8 Å². The van der Waals surface area contributed by atoms with E-state index < -0.39 is 162 Å². The number of carboxylic acid groups (broad SMARTS) is 5. The molecule has 10 amide bonds. The molecular formula is C64H88F9N15O20. The number of aromatic hydroxyl groups is 1. The van der Waals surface area contributed by atoms with Gasteiger partial charge in [-0.25, -0.2) is 29.0 Å². The largest absolute Gasteiger partial charge is 0.508 e. The van der Waals surface area contributed by atoms with Crippen molar-refractivity contribution in [1.29, 1.82) is 0 Å². The SMILES string of the molecule is CCC(=O)NCCCCNC(=O)NC(N)=NCCC[C@H](NC(=O)[C@@H](N)CC(=O)O)C(=O)N[C@H](C(=O)N[C@@H](Cc1ccc(O)cc1)C(=O)N[C@H](C(=O)N[C@@H](Cc1cnc[nH]1)C(=O)N1CCC[C@H]1C(=O)N[C@@H](Cc1ccccc1)C(=O)O)[C@@H](C)CC)C(C)C.O=C(O)C(F)(F)F.O=C(O)C(F)(F)F.O=C(O)C(F)(F)F. The van der Waals surface area contributed by atoms with E-state index in [0.717, 1.165) is 0 Å². The summed E-state index contributed by atoms with van der Waals surface area (Å²) in [6, 6.07) is 2.89. The summed E-state index contributed by atoms with van der Waals surface area (Å²) in [6.07, 6.45) is -11.2. The second-order valence-electron chi connectivity index (χ2n) is 24.0. The normalized spacial score (nSPS) is 14.9. The molecule has 0 bridgehead atoms. The van der Waals surface area contributed by atoms with E-state index in [2.05, 4.69) is 62.8 Å². The predicted molar refractivity (Wildman–Crippen MR) is 359 cm³/mol. The van der Waals surface area contributed by atoms with Gasteiger partial charge in [-0.2, -0.15) is 39.5 Å². The molecule has 2 aromatic carbocycles. The van der Waals surface area contributed by atoms with Crippen LogP contribution in [-0.2, 0) is 81.6 Å². The molecule has 35 nitrogen and oxygen atoms in total. The van der Waals surface area contributed by atoms with E-state index in [9.17, 15) is 108 Å². The zero-order valence-corrected chi connectivity index (χ0v) is 58.7. The van der Waals surface area contributed by atoms with Crippen LogP contribution in [0.3, 0.4) is 0 Å². The second kappa shape index (κ2) is 46.6. The minimum atomic E-state index is -5.08. The topological polar surface area (TPSA) is 565 Å². The van der Waals surface area contributed by atoms with Gasteiger partial charge < -0.3 is 94.5 Å². The number of urea groups is 1. The van der Waals surface area contributed by atoms with Crippen LogP contribution < -0.4 is 59.3 Å². The molecule has 0 saturated carbocycles. The summed E-state index contributed by atoms with van der Waals surface area (Å²) in [6.45, 7) is 9.16. The first-order valence-corrected chi connectivity index (χ1v) is 32.9. The lowest BCUT2D eigenvalue weighted by molar-refractivity contribution is -0.193. The third-order valence-corrected chi connectivity index (χ3v) is 15.2. The molecular weight excluding hydrogens is 1470 g/mol. The molecule has 602 valence electrons. The van der Waals surface area contributed by atoms with Crippen molar-refractivity contribution in [1.82, 2.24) is 62.7 Å². The van der Waals surface area contributed by atoms with Crippen molar-refractivity contribution in [3.8, 4) is 5.75 Å². The van der Waals surface area contributed by atoms with E-state index in [1.807, 2.05) is 0 Å². The Morgan fingerprint density at radius 2 is 1.12 bits per heavy atom. The van der Waals surface area contributed by atoms with Gasteiger partial charge in [0.1, 0.15) is 48.0 Å². The summed E-state index contributed by atoms with van der Waals surface area (Å²) in [5.74, 6) is -18.4. The highest BCUT2D eigenvalue weighted by Crippen LogP contribution is 2.22. The van der Waals surface area contributed by atoms with Gasteiger partial charge in [-0.1, -0.05) is 83.5 Å². The number of carbonyl (C=O) groups is 14. The third-order valence-electron chi connectivity index (χ3n) is 15.2. The number of guanidine groups is 1. The van der Waals surface area contributed by atoms with E-state index in [0.29, 0.717) is 55.5 Å². The number of benzene rings is 2. The second-order valence-corrected chi connectivity index (χ2v) is 24.0. The summed E-state index contributed by atoms with van der Waals surface area (Å²) < 4.78 is 95.2. The van der Waals surface area contributed by atoms with Crippen LogP contribution in [0.5, 0.6) is 5.75 Å². The summed E-state index contributed by atoms with van der Waals surface area (Å²) in [5.41, 5.74) is 13.3. The Morgan fingerprint density at radius 3 is 1.62 bits per heavy atom. The van der Waals surface area contributed by atoms with Crippen LogP contribution in [0.4, 0.5) is 44.3 Å². The zero-order valence-electron chi connectivity index (χ0n) is 58.7. The van der Waals surface area contributed by atoms with Gasteiger partial charge in [0, 0.05) is 63.8 Å². The Kier molecular flexibility index (Phi) is 40.8. The van der Waals surface area contributed by atoms with Crippen LogP contribution in [-0.4, -0.2) is 228 Å². The molecule has 1 aromatic heterocycles. The number of imidazole rings is 1. The average Bonchev–Trinajstić information content (AvgIpc) is 1.84. The van der Waals surface area contributed by atoms with E-state index in [4.69, 9.17) is 41.2 Å². The molecule has 1 aliphatic heterocycles. The number of phenolic OH excluding ortho intramolecular Hbond substituents is 1. The van der Waals surface area contributed by atoms with E-state index in [1.54, 1.807) is 65.0 Å². The monoisotopic (exact) mass is 1560 g/mol. The molecule has 3 aromatic rings. The number of carboxylic acids is 5. The highest BCUT2D eigenvalue weighted by atomic mass is 19.4. The smallest absolute Gasteiger partial charge is 0.490 e. The molecule has 2 heterocycles. The zero-order chi connectivity index (χ0) is 82.4. The molecule has 20 N–H and O–H groups in total. The summed E-state index contributed by atoms with van der Waals surface area (Å²) in [4.78, 5) is 186. The van der Waals surface area contributed by atoms with Gasteiger partial charge in [-0.05, 0) is 73.6 Å². The first-order valence-electron chi connectivity index (χ1n) is 32.9. The van der Waals surface area contributed by atoms with Gasteiger partial charge in [-0.15, -0.1) is 0 Å². The Balaban J connectivity index is 0.00000241. The number of nitrogens with two attached hydrogens (primary N) is 2. The number of aromatic amines is 1. The average molecular weight is 1560 g/mol. The minimum absolute atomic E-state index is 0.0143. The number of rotatable bonds is 35. The van der Waals surface area contributed by atoms with E-state index in [1.165, 1.54) is 41.7 Å². The van der Waals surface area contributed by atoms with Crippen molar-refractivity contribution in [2.24, 2.45) is 28.3 Å². The molecule has 0 aliphatic carbocycles. The van der Waals surface area contributed by atoms with Gasteiger partial charge in [0.05, 0.1) is 18.8 Å². The number of unbranched alkanes of at least 4 members (excludes halogenated alkanes) is 1. The van der Waals surface area contributed by atoms with Crippen LogP contribution in [0.1, 0.15) is 109 Å². The van der Waals surface area contributed by atoms with Gasteiger partial charge in [0.15, 0.2) is 5.96 Å². The molecule has 4 rings (SSSR count). The van der Waals surface area contributed by atoms with Crippen LogP contribution in [0, 0.1) is 11.8 Å². The number of aliphatic carboxylic acids is 5. The van der Waals surface area contributed by atoms with Crippen molar-refractivity contribution in [3.05, 3.63) is 83.9 Å². The molecule has 1 fully saturated rings. The summed E-state index contributed by atoms with van der Waals surface area (Å²) >= 11 is 0. The van der Waals surface area contributed by atoms with Crippen molar-refractivity contribution in [3.63, 3.8) is 0 Å². The molecule has 0 unspecified atom stereocenters. The molecule has 9 atom stereocenters. The maximum Gasteiger partial charge on any atom is 0.490 e. The Morgan fingerprint density at radius 1 is 0.620 bits per heavy atom. The number of H-pyrrole nitrogens is 1. The van der Waals surface area contributed by atoms with E-state index >= 15 is 0 Å². The maximum absolute atomic E-state index is 14.7. The summed E-state index contributed by atoms with van der Waals surface area (Å²) in [7, 11) is 0. The van der Waals surface area contributed by atoms with Gasteiger partial charge in [-0.3, -0.25) is 53.5 Å². The number of hydrogen-bond acceptors (Lipinski definition) is 18. The fraction of sp³-hybridized carbons (Fsp3) is 0.531. The maximum atomic E-state index is 14.7. The lowest BCUT2D eigenvalue weighted by Crippen LogP contribution is -2.62. The number of amides is 10. The third kappa shape index (κ3) is 37.1. The number of phenols is 1. The number of alkyl halides is 9. The summed E-state index contributed by atoms with van der Waals surface area (Å²) in [5, 5.41) is 74.5. The number of nitrogens with zero attached hydrogens (tertiary/aromatic N) is 3. The highest BCUT2D eigenvalue weighted by molar-refractivity contribution is 5.99. The van der Waals surface area contributed by atoms with Crippen molar-refractivity contribution in [2.45, 2.75) is 179 Å². The van der Waals surface area contributed by atoms with Crippen molar-refractivity contribution < 1.29 is 137 Å². The fourth-order valence-corrected chi connectivity index (χ4v) is 9.31. The Hall–Kier alpha value is -11.4. The first kappa shape index (κ1) is 94.6. The molecule has 1 aliphatic rings. The lowest BCUT2D eigenvalue weighted by atomic mass is 9.96. The van der Waals surface area contributed by atoms with Gasteiger partial charge in [0.2, 0.25) is 47.3 Å². The molecule has 44 heteroatoms. The van der Waals surface area contributed by atoms with Crippen molar-refractivity contribution in [2.75, 3.05) is 26.2 Å². The van der Waals surface area contributed by atoms with Crippen LogP contribution in [0.25, 0.3) is 0 Å². The lowest BCUT2D eigenvalue weighted by Gasteiger charge is -2.32. The highest BCUT2D eigenvalue weighted by Gasteiger charge is 2.43. The van der Waals surface area contributed by atoms with Crippen LogP contribution in [0.2, 0.25) is 0 Å². The fourth-order valence-electron chi connectivity index (χ4n) is 9.31. The van der Waals surface area contributed by atoms with Crippen LogP contribution in [0.15, 0.2) is 72.1 Å². The molecule has 1 saturated heterocycles. The minimum Gasteiger partial charge on any atom is -0.508 e. The molecule has 108 heavy (non-hydrogen) atoms. The molecule has 0 spiro atoms. The van der Waals surface area contributed by atoms with Crippen LogP contribution >= 0.6 is 0 Å². The number of aliphatic imine (C=N–C) groups is 1. The molecule has 0 radical (unpaired) electrons. The predicted octanol–water partition coefficient (Wildman–Crippen LogP) is 1.23.